The van der Waals surface area contributed by atoms with Crippen LogP contribution < -0.4 is 5.32 Å². The molecule has 2 aliphatic rings. The quantitative estimate of drug-likeness (QED) is 0.727. The summed E-state index contributed by atoms with van der Waals surface area (Å²) in [5.41, 5.74) is 2.38. The molecule has 30 heavy (non-hydrogen) atoms. The number of carbonyl (C=O) groups is 1. The third kappa shape index (κ3) is 4.69. The summed E-state index contributed by atoms with van der Waals surface area (Å²) in [5, 5.41) is 12.7. The van der Waals surface area contributed by atoms with Gasteiger partial charge in [0.25, 0.3) is 5.91 Å². The Morgan fingerprint density at radius 1 is 1.10 bits per heavy atom. The second kappa shape index (κ2) is 9.21. The van der Waals surface area contributed by atoms with E-state index in [9.17, 15) is 14.3 Å². The second-order valence-corrected chi connectivity index (χ2v) is 8.95. The number of aromatic nitrogens is 2. The van der Waals surface area contributed by atoms with Crippen molar-refractivity contribution in [1.82, 2.24) is 9.97 Å². The Morgan fingerprint density at radius 3 is 2.67 bits per heavy atom. The number of pyridine rings is 2. The van der Waals surface area contributed by atoms with E-state index in [-0.39, 0.29) is 29.4 Å². The van der Waals surface area contributed by atoms with Gasteiger partial charge in [0.05, 0.1) is 23.7 Å². The van der Waals surface area contributed by atoms with Crippen LogP contribution >= 0.6 is 0 Å². The highest BCUT2D eigenvalue weighted by Gasteiger charge is 2.26. The minimum atomic E-state index is -0.383. The maximum Gasteiger partial charge on any atom is 0.274 e. The highest BCUT2D eigenvalue weighted by atomic mass is 19.1. The van der Waals surface area contributed by atoms with Gasteiger partial charge in [-0.05, 0) is 74.1 Å². The van der Waals surface area contributed by atoms with Gasteiger partial charge >= 0.3 is 0 Å². The number of aliphatic hydroxyl groups is 1. The van der Waals surface area contributed by atoms with Gasteiger partial charge in [0.2, 0.25) is 0 Å². The van der Waals surface area contributed by atoms with Gasteiger partial charge in [-0.15, -0.1) is 0 Å². The standard InChI is InChI=1S/C24H30FN3O2/c1-15-3-2-4-17(13-15)19-11-12-26-14-22(19)28-24(30)21-10-9-20(25)23(27-21)16-5-7-18(29)8-6-16/h9-12,14-18,29H,2-8,13H2,1H3,(H,28,30)/t15-,16?,17+,18?/m1/s1. The molecule has 2 fully saturated rings. The van der Waals surface area contributed by atoms with Crippen molar-refractivity contribution in [3.05, 3.63) is 53.4 Å². The molecule has 0 spiro atoms. The van der Waals surface area contributed by atoms with E-state index < -0.39 is 0 Å². The molecular formula is C24H30FN3O2. The number of nitrogens with zero attached hydrogens (tertiary/aromatic N) is 2. The molecule has 2 saturated carbocycles. The van der Waals surface area contributed by atoms with Crippen LogP contribution in [0.15, 0.2) is 30.6 Å². The fourth-order valence-electron chi connectivity index (χ4n) is 4.99. The third-order valence-corrected chi connectivity index (χ3v) is 6.67. The average molecular weight is 412 g/mol. The predicted octanol–water partition coefficient (Wildman–Crippen LogP) is 5.18. The summed E-state index contributed by atoms with van der Waals surface area (Å²) in [6.07, 6.45) is 10.5. The summed E-state index contributed by atoms with van der Waals surface area (Å²) in [7, 11) is 0. The highest BCUT2D eigenvalue weighted by molar-refractivity contribution is 6.03. The van der Waals surface area contributed by atoms with E-state index in [0.29, 0.717) is 43.2 Å². The molecule has 2 aromatic rings. The first-order chi connectivity index (χ1) is 14.5. The van der Waals surface area contributed by atoms with E-state index in [4.69, 9.17) is 0 Å². The van der Waals surface area contributed by atoms with Crippen molar-refractivity contribution in [2.75, 3.05) is 5.32 Å². The first-order valence-corrected chi connectivity index (χ1v) is 11.1. The monoisotopic (exact) mass is 411 g/mol. The van der Waals surface area contributed by atoms with Crippen LogP contribution in [0.25, 0.3) is 0 Å². The number of halogens is 1. The first kappa shape index (κ1) is 20.9. The Morgan fingerprint density at radius 2 is 1.90 bits per heavy atom. The van der Waals surface area contributed by atoms with Gasteiger partial charge in [0, 0.05) is 12.1 Å². The molecule has 0 radical (unpaired) electrons. The number of hydrogen-bond acceptors (Lipinski definition) is 4. The van der Waals surface area contributed by atoms with Crippen LogP contribution in [-0.2, 0) is 0 Å². The van der Waals surface area contributed by atoms with E-state index in [1.165, 1.54) is 25.0 Å². The van der Waals surface area contributed by atoms with E-state index in [1.54, 1.807) is 12.4 Å². The van der Waals surface area contributed by atoms with Gasteiger partial charge < -0.3 is 10.4 Å². The summed E-state index contributed by atoms with van der Waals surface area (Å²) in [6, 6.07) is 4.76. The Labute approximate surface area is 177 Å². The maximum absolute atomic E-state index is 14.4. The summed E-state index contributed by atoms with van der Waals surface area (Å²) in [6.45, 7) is 2.28. The molecule has 0 bridgehead atoms. The topological polar surface area (TPSA) is 75.1 Å². The van der Waals surface area contributed by atoms with Crippen LogP contribution in [0.1, 0.15) is 91.9 Å². The Hall–Kier alpha value is -2.34. The highest BCUT2D eigenvalue weighted by Crippen LogP contribution is 2.39. The number of amides is 1. The fourth-order valence-corrected chi connectivity index (χ4v) is 4.99. The SMILES string of the molecule is C[C@@H]1CCC[C@H](c2ccncc2NC(=O)c2ccc(F)c(C3CCC(O)CC3)n2)C1. The van der Waals surface area contributed by atoms with Crippen LogP contribution in [0, 0.1) is 11.7 Å². The lowest BCUT2D eigenvalue weighted by molar-refractivity contribution is 0.102. The van der Waals surface area contributed by atoms with Crippen molar-refractivity contribution in [3.8, 4) is 0 Å². The molecule has 160 valence electrons. The fraction of sp³-hybridized carbons (Fsp3) is 0.542. The molecule has 0 unspecified atom stereocenters. The van der Waals surface area contributed by atoms with E-state index in [0.717, 1.165) is 24.1 Å². The van der Waals surface area contributed by atoms with E-state index >= 15 is 0 Å². The minimum Gasteiger partial charge on any atom is -0.393 e. The lowest BCUT2D eigenvalue weighted by Gasteiger charge is -2.28. The Balaban J connectivity index is 1.53. The molecule has 1 amide bonds. The zero-order valence-electron chi connectivity index (χ0n) is 17.5. The normalized spacial score (nSPS) is 26.9. The van der Waals surface area contributed by atoms with E-state index in [1.807, 2.05) is 6.07 Å². The zero-order chi connectivity index (χ0) is 21.1. The Bertz CT molecular complexity index is 896. The van der Waals surface area contributed by atoms with Crippen LogP contribution in [0.2, 0.25) is 0 Å². The number of hydrogen-bond donors (Lipinski definition) is 2. The summed E-state index contributed by atoms with van der Waals surface area (Å²) in [5.74, 6) is 0.309. The van der Waals surface area contributed by atoms with Gasteiger partial charge in [-0.25, -0.2) is 9.37 Å². The molecule has 2 aliphatic carbocycles. The summed E-state index contributed by atoms with van der Waals surface area (Å²) >= 11 is 0. The van der Waals surface area contributed by atoms with Gasteiger partial charge in [-0.1, -0.05) is 19.8 Å². The largest absolute Gasteiger partial charge is 0.393 e. The lowest BCUT2D eigenvalue weighted by atomic mass is 9.78. The lowest BCUT2D eigenvalue weighted by Crippen LogP contribution is -2.21. The first-order valence-electron chi connectivity index (χ1n) is 11.1. The Kier molecular flexibility index (Phi) is 6.42. The molecule has 6 heteroatoms. The van der Waals surface area contributed by atoms with Crippen molar-refractivity contribution in [2.45, 2.75) is 76.2 Å². The van der Waals surface area contributed by atoms with Crippen LogP contribution in [0.5, 0.6) is 0 Å². The molecule has 2 aromatic heterocycles. The molecule has 4 rings (SSSR count). The number of rotatable bonds is 4. The van der Waals surface area contributed by atoms with Crippen molar-refractivity contribution in [1.29, 1.82) is 0 Å². The summed E-state index contributed by atoms with van der Waals surface area (Å²) in [4.78, 5) is 21.5. The smallest absolute Gasteiger partial charge is 0.274 e. The maximum atomic E-state index is 14.4. The number of nitrogens with one attached hydrogen (secondary N) is 1. The van der Waals surface area contributed by atoms with E-state index in [2.05, 4.69) is 22.2 Å². The van der Waals surface area contributed by atoms with Gasteiger partial charge in [0.1, 0.15) is 11.5 Å². The van der Waals surface area contributed by atoms with Crippen LogP contribution in [0.3, 0.4) is 0 Å². The van der Waals surface area contributed by atoms with Crippen LogP contribution in [-0.4, -0.2) is 27.1 Å². The van der Waals surface area contributed by atoms with Gasteiger partial charge in [-0.2, -0.15) is 0 Å². The number of anilines is 1. The molecule has 0 aromatic carbocycles. The number of aliphatic hydroxyl groups excluding tert-OH is 1. The zero-order valence-corrected chi connectivity index (χ0v) is 17.5. The predicted molar refractivity (Wildman–Crippen MR) is 114 cm³/mol. The van der Waals surface area contributed by atoms with Crippen LogP contribution in [0.4, 0.5) is 10.1 Å². The summed E-state index contributed by atoms with van der Waals surface area (Å²) < 4.78 is 14.4. The molecule has 2 heterocycles. The molecule has 2 atom stereocenters. The minimum absolute atomic E-state index is 0.0566. The molecule has 2 N–H and O–H groups in total. The van der Waals surface area contributed by atoms with Crippen molar-refractivity contribution in [2.24, 2.45) is 5.92 Å². The van der Waals surface area contributed by atoms with Crippen molar-refractivity contribution >= 4 is 11.6 Å². The molecular weight excluding hydrogens is 381 g/mol. The molecule has 5 nitrogen and oxygen atoms in total. The number of carbonyl (C=O) groups excluding carboxylic acids is 1. The van der Waals surface area contributed by atoms with Gasteiger partial charge in [0.15, 0.2) is 0 Å². The molecule has 0 saturated heterocycles. The second-order valence-electron chi connectivity index (χ2n) is 8.95. The van der Waals surface area contributed by atoms with Gasteiger partial charge in [-0.3, -0.25) is 9.78 Å². The average Bonchev–Trinajstić information content (AvgIpc) is 2.75. The molecule has 0 aliphatic heterocycles. The van der Waals surface area contributed by atoms with Crippen molar-refractivity contribution in [3.63, 3.8) is 0 Å². The van der Waals surface area contributed by atoms with Crippen molar-refractivity contribution < 1.29 is 14.3 Å². The third-order valence-electron chi connectivity index (χ3n) is 6.67.